The number of ether oxygens (including phenoxy) is 1. The quantitative estimate of drug-likeness (QED) is 0.745. The van der Waals surface area contributed by atoms with Crippen molar-refractivity contribution in [2.75, 3.05) is 19.7 Å². The van der Waals surface area contributed by atoms with E-state index < -0.39 is 10.0 Å². The highest BCUT2D eigenvalue weighted by Crippen LogP contribution is 2.33. The van der Waals surface area contributed by atoms with Gasteiger partial charge in [-0.15, -0.1) is 0 Å². The third kappa shape index (κ3) is 4.76. The number of piperidine rings is 1. The van der Waals surface area contributed by atoms with Crippen LogP contribution in [-0.2, 0) is 14.8 Å². The topological polar surface area (TPSA) is 75.7 Å². The first-order valence-electron chi connectivity index (χ1n) is 7.33. The molecule has 0 saturated carbocycles. The number of hydrogen-bond donors (Lipinski definition) is 1. The maximum atomic E-state index is 12.6. The summed E-state index contributed by atoms with van der Waals surface area (Å²) in [5.41, 5.74) is 0. The highest BCUT2D eigenvalue weighted by Gasteiger charge is 2.29. The molecule has 0 spiro atoms. The molecule has 6 nitrogen and oxygen atoms in total. The van der Waals surface area contributed by atoms with Crippen LogP contribution in [0.5, 0.6) is 0 Å². The first kappa shape index (κ1) is 19.8. The molecule has 0 atom stereocenters. The van der Waals surface area contributed by atoms with Crippen LogP contribution in [0.3, 0.4) is 0 Å². The van der Waals surface area contributed by atoms with Gasteiger partial charge in [0, 0.05) is 23.6 Å². The summed E-state index contributed by atoms with van der Waals surface area (Å²) in [6.45, 7) is 2.90. The van der Waals surface area contributed by atoms with Gasteiger partial charge in [0.15, 0.2) is 0 Å². The molecule has 1 saturated heterocycles. The van der Waals surface area contributed by atoms with Crippen molar-refractivity contribution in [3.63, 3.8) is 0 Å². The number of nitrogens with one attached hydrogen (secondary N) is 1. The lowest BCUT2D eigenvalue weighted by atomic mass is 10.1. The van der Waals surface area contributed by atoms with Crippen molar-refractivity contribution in [2.24, 2.45) is 0 Å². The van der Waals surface area contributed by atoms with Gasteiger partial charge >= 0.3 is 6.09 Å². The van der Waals surface area contributed by atoms with E-state index >= 15 is 0 Å². The number of rotatable bonds is 4. The molecule has 1 aromatic carbocycles. The van der Waals surface area contributed by atoms with Crippen LogP contribution in [-0.4, -0.2) is 45.1 Å². The number of likely N-dealkylation sites (tertiary alicyclic amines) is 1. The molecule has 0 aromatic heterocycles. The van der Waals surface area contributed by atoms with Crippen LogP contribution in [0.4, 0.5) is 4.79 Å². The van der Waals surface area contributed by atoms with Gasteiger partial charge in [-0.1, -0.05) is 39.1 Å². The Bertz CT molecular complexity index is 698. The minimum atomic E-state index is -3.86. The van der Waals surface area contributed by atoms with Crippen molar-refractivity contribution < 1.29 is 17.9 Å². The predicted octanol–water partition coefficient (Wildman–Crippen LogP) is 3.66. The zero-order chi connectivity index (χ0) is 17.9. The van der Waals surface area contributed by atoms with E-state index in [1.54, 1.807) is 11.8 Å². The second-order valence-electron chi connectivity index (χ2n) is 5.28. The molecule has 0 bridgehead atoms. The van der Waals surface area contributed by atoms with Gasteiger partial charge < -0.3 is 9.64 Å². The van der Waals surface area contributed by atoms with Crippen molar-refractivity contribution >= 4 is 55.2 Å². The van der Waals surface area contributed by atoms with Crippen molar-refractivity contribution in [3.05, 3.63) is 26.7 Å². The average molecular weight is 460 g/mol. The molecule has 1 heterocycles. The lowest BCUT2D eigenvalue weighted by molar-refractivity contribution is 0.0966. The molecule has 1 aliphatic heterocycles. The highest BCUT2D eigenvalue weighted by atomic mass is 79.9. The molecule has 1 fully saturated rings. The molecule has 0 aliphatic carbocycles. The van der Waals surface area contributed by atoms with E-state index in [0.29, 0.717) is 37.0 Å². The fourth-order valence-electron chi connectivity index (χ4n) is 2.46. The Labute approximate surface area is 159 Å². The van der Waals surface area contributed by atoms with E-state index in [0.717, 1.165) is 0 Å². The van der Waals surface area contributed by atoms with Gasteiger partial charge in [-0.2, -0.15) is 0 Å². The molecule has 0 radical (unpaired) electrons. The zero-order valence-electron chi connectivity index (χ0n) is 12.9. The lowest BCUT2D eigenvalue weighted by Crippen LogP contribution is -2.46. The Balaban J connectivity index is 2.06. The van der Waals surface area contributed by atoms with Gasteiger partial charge in [0.25, 0.3) is 0 Å². The zero-order valence-corrected chi connectivity index (χ0v) is 16.8. The van der Waals surface area contributed by atoms with Gasteiger partial charge in [-0.25, -0.2) is 17.9 Å². The first-order chi connectivity index (χ1) is 11.2. The van der Waals surface area contributed by atoms with Crippen molar-refractivity contribution in [2.45, 2.75) is 30.7 Å². The van der Waals surface area contributed by atoms with Gasteiger partial charge in [0.05, 0.1) is 16.7 Å². The molecule has 1 amide bonds. The molecule has 0 unspecified atom stereocenters. The Morgan fingerprint density at radius 1 is 1.33 bits per heavy atom. The van der Waals surface area contributed by atoms with Gasteiger partial charge in [0.1, 0.15) is 4.90 Å². The number of carbonyl (C=O) groups excluding carboxylic acids is 1. The summed E-state index contributed by atoms with van der Waals surface area (Å²) in [6.07, 6.45) is 0.603. The standard InChI is InChI=1S/C14H17BrCl2N2O4S/c1-2-23-14(20)19-5-3-10(4-6-19)18-24(21,22)13-11(16)7-9(15)8-12(13)17/h7-8,10,18H,2-6H2,1H3. The minimum Gasteiger partial charge on any atom is -0.450 e. The number of amides is 1. The molecular weight excluding hydrogens is 443 g/mol. The highest BCUT2D eigenvalue weighted by molar-refractivity contribution is 9.10. The van der Waals surface area contributed by atoms with E-state index in [1.165, 1.54) is 12.1 Å². The van der Waals surface area contributed by atoms with E-state index in [1.807, 2.05) is 0 Å². The summed E-state index contributed by atoms with van der Waals surface area (Å²) in [5.74, 6) is 0. The number of carbonyl (C=O) groups is 1. The van der Waals surface area contributed by atoms with Gasteiger partial charge in [0.2, 0.25) is 10.0 Å². The smallest absolute Gasteiger partial charge is 0.409 e. The van der Waals surface area contributed by atoms with Crippen LogP contribution in [0.1, 0.15) is 19.8 Å². The van der Waals surface area contributed by atoms with Crippen molar-refractivity contribution in [3.8, 4) is 0 Å². The summed E-state index contributed by atoms with van der Waals surface area (Å²) in [6, 6.07) is 2.66. The average Bonchev–Trinajstić information content (AvgIpc) is 2.46. The third-order valence-electron chi connectivity index (χ3n) is 3.57. The largest absolute Gasteiger partial charge is 0.450 e. The van der Waals surface area contributed by atoms with E-state index in [9.17, 15) is 13.2 Å². The maximum absolute atomic E-state index is 12.6. The molecule has 24 heavy (non-hydrogen) atoms. The number of halogens is 3. The maximum Gasteiger partial charge on any atom is 0.409 e. The van der Waals surface area contributed by atoms with Crippen LogP contribution in [0.25, 0.3) is 0 Å². The van der Waals surface area contributed by atoms with Crippen LogP contribution in [0.2, 0.25) is 10.0 Å². The lowest BCUT2D eigenvalue weighted by Gasteiger charge is -2.31. The number of nitrogens with zero attached hydrogens (tertiary/aromatic N) is 1. The summed E-state index contributed by atoms with van der Waals surface area (Å²) in [7, 11) is -3.86. The van der Waals surface area contributed by atoms with Gasteiger partial charge in [-0.05, 0) is 31.9 Å². The van der Waals surface area contributed by atoms with Crippen LogP contribution in [0, 0.1) is 0 Å². The minimum absolute atomic E-state index is 0.0471. The van der Waals surface area contributed by atoms with Crippen molar-refractivity contribution in [1.29, 1.82) is 0 Å². The fourth-order valence-corrected chi connectivity index (χ4v) is 5.70. The number of hydrogen-bond acceptors (Lipinski definition) is 4. The van der Waals surface area contributed by atoms with Crippen LogP contribution < -0.4 is 4.72 Å². The second-order valence-corrected chi connectivity index (χ2v) is 8.66. The normalized spacial score (nSPS) is 16.2. The number of benzene rings is 1. The SMILES string of the molecule is CCOC(=O)N1CCC(NS(=O)(=O)c2c(Cl)cc(Br)cc2Cl)CC1. The summed E-state index contributed by atoms with van der Waals surface area (Å²) >= 11 is 15.3. The Morgan fingerprint density at radius 3 is 2.38 bits per heavy atom. The van der Waals surface area contributed by atoms with Gasteiger partial charge in [-0.3, -0.25) is 0 Å². The predicted molar refractivity (Wildman–Crippen MR) is 96.1 cm³/mol. The molecule has 2 rings (SSSR count). The summed E-state index contributed by atoms with van der Waals surface area (Å²) < 4.78 is 33.3. The molecule has 1 aliphatic rings. The van der Waals surface area contributed by atoms with E-state index in [2.05, 4.69) is 20.7 Å². The second kappa shape index (κ2) is 8.23. The molecule has 10 heteroatoms. The van der Waals surface area contributed by atoms with Crippen LogP contribution >= 0.6 is 39.1 Å². The number of sulfonamides is 1. The summed E-state index contributed by atoms with van der Waals surface area (Å²) in [5, 5.41) is 0.0941. The Hall–Kier alpha value is -0.540. The Morgan fingerprint density at radius 2 is 1.88 bits per heavy atom. The third-order valence-corrected chi connectivity index (χ3v) is 6.47. The van der Waals surface area contributed by atoms with Crippen LogP contribution in [0.15, 0.2) is 21.5 Å². The van der Waals surface area contributed by atoms with E-state index in [4.69, 9.17) is 27.9 Å². The van der Waals surface area contributed by atoms with E-state index in [-0.39, 0.29) is 27.1 Å². The van der Waals surface area contributed by atoms with Crippen molar-refractivity contribution in [1.82, 2.24) is 9.62 Å². The molecule has 134 valence electrons. The summed E-state index contributed by atoms with van der Waals surface area (Å²) in [4.78, 5) is 13.1. The molecule has 1 N–H and O–H groups in total. The Kier molecular flexibility index (Phi) is 6.78. The molecular formula is C14H17BrCl2N2O4S. The molecule has 1 aromatic rings. The first-order valence-corrected chi connectivity index (χ1v) is 10.4. The fraction of sp³-hybridized carbons (Fsp3) is 0.500. The monoisotopic (exact) mass is 458 g/mol.